The van der Waals surface area contributed by atoms with Crippen LogP contribution < -0.4 is 15.0 Å². The average molecular weight is 220 g/mol. The Hall–Kier alpha value is -1.26. The molecule has 3 rings (SSSR count). The van der Waals surface area contributed by atoms with E-state index in [0.29, 0.717) is 13.4 Å². The summed E-state index contributed by atoms with van der Waals surface area (Å²) in [5.74, 6) is 0.974. The van der Waals surface area contributed by atoms with Crippen LogP contribution in [0.5, 0.6) is 5.75 Å². The maximum Gasteiger partial charge on any atom is 0.189 e. The van der Waals surface area contributed by atoms with Crippen molar-refractivity contribution in [3.05, 3.63) is 23.8 Å². The maximum atomic E-state index is 5.49. The molecule has 0 spiro atoms. The van der Waals surface area contributed by atoms with Gasteiger partial charge in [-0.1, -0.05) is 6.07 Å². The van der Waals surface area contributed by atoms with Gasteiger partial charge in [-0.05, 0) is 12.1 Å². The van der Waals surface area contributed by atoms with Crippen LogP contribution >= 0.6 is 0 Å². The molecule has 0 aliphatic carbocycles. The molecule has 0 amide bonds. The zero-order valence-corrected chi connectivity index (χ0v) is 9.24. The molecule has 1 fully saturated rings. The van der Waals surface area contributed by atoms with Crippen LogP contribution in [0.1, 0.15) is 5.56 Å². The first kappa shape index (κ1) is 9.93. The minimum atomic E-state index is 0.373. The first-order valence-electron chi connectivity index (χ1n) is 5.73. The lowest BCUT2D eigenvalue weighted by atomic mass is 10.1. The fourth-order valence-corrected chi connectivity index (χ4v) is 2.29. The summed E-state index contributed by atoms with van der Waals surface area (Å²) in [6, 6.07) is 6.23. The Morgan fingerprint density at radius 1 is 1.19 bits per heavy atom. The highest BCUT2D eigenvalue weighted by Gasteiger charge is 2.19. The number of benzene rings is 1. The average Bonchev–Trinajstić information content (AvgIpc) is 2.39. The lowest BCUT2D eigenvalue weighted by Crippen LogP contribution is -2.44. The molecular formula is C12H16N2O2. The number of ether oxygens (including phenoxy) is 2. The molecule has 4 nitrogen and oxygen atoms in total. The number of hydrogen-bond acceptors (Lipinski definition) is 4. The summed E-state index contributed by atoms with van der Waals surface area (Å²) in [5, 5.41) is 3.36. The van der Waals surface area contributed by atoms with E-state index in [4.69, 9.17) is 9.47 Å². The van der Waals surface area contributed by atoms with Gasteiger partial charge in [-0.25, -0.2) is 0 Å². The predicted molar refractivity (Wildman–Crippen MR) is 61.8 cm³/mol. The van der Waals surface area contributed by atoms with E-state index in [1.807, 2.05) is 6.07 Å². The van der Waals surface area contributed by atoms with Crippen molar-refractivity contribution < 1.29 is 9.47 Å². The van der Waals surface area contributed by atoms with Crippen LogP contribution in [0.3, 0.4) is 0 Å². The Bertz CT molecular complexity index is 375. The van der Waals surface area contributed by atoms with Gasteiger partial charge in [-0.3, -0.25) is 0 Å². The zero-order valence-electron chi connectivity index (χ0n) is 9.24. The van der Waals surface area contributed by atoms with Gasteiger partial charge in [-0.2, -0.15) is 0 Å². The van der Waals surface area contributed by atoms with E-state index in [2.05, 4.69) is 22.3 Å². The minimum Gasteiger partial charge on any atom is -0.467 e. The van der Waals surface area contributed by atoms with E-state index in [1.54, 1.807) is 0 Å². The van der Waals surface area contributed by atoms with Crippen molar-refractivity contribution >= 4 is 5.69 Å². The fraction of sp³-hybridized carbons (Fsp3) is 0.500. The standard InChI is InChI=1S/C12H16N2O2/c1-2-11(14-6-4-13-5-7-14)10-8-15-9-16-12(10)3-1/h1-3,13H,4-9H2. The molecule has 1 N–H and O–H groups in total. The Morgan fingerprint density at radius 3 is 2.94 bits per heavy atom. The van der Waals surface area contributed by atoms with Gasteiger partial charge in [0, 0.05) is 37.4 Å². The molecule has 86 valence electrons. The van der Waals surface area contributed by atoms with Crippen molar-refractivity contribution in [2.75, 3.05) is 37.9 Å². The smallest absolute Gasteiger partial charge is 0.189 e. The summed E-state index contributed by atoms with van der Waals surface area (Å²) in [5.41, 5.74) is 2.45. The van der Waals surface area contributed by atoms with Gasteiger partial charge in [0.15, 0.2) is 6.79 Å². The predicted octanol–water partition coefficient (Wildman–Crippen LogP) is 0.963. The summed E-state index contributed by atoms with van der Waals surface area (Å²) in [6.07, 6.45) is 0. The normalized spacial score (nSPS) is 20.1. The topological polar surface area (TPSA) is 33.7 Å². The number of hydrogen-bond donors (Lipinski definition) is 1. The first-order chi connectivity index (χ1) is 7.95. The van der Waals surface area contributed by atoms with E-state index in [0.717, 1.165) is 31.9 Å². The van der Waals surface area contributed by atoms with Gasteiger partial charge in [0.2, 0.25) is 0 Å². The van der Waals surface area contributed by atoms with E-state index in [9.17, 15) is 0 Å². The molecule has 4 heteroatoms. The van der Waals surface area contributed by atoms with Crippen LogP contribution in [0, 0.1) is 0 Å². The monoisotopic (exact) mass is 220 g/mol. The van der Waals surface area contributed by atoms with Gasteiger partial charge in [0.25, 0.3) is 0 Å². The number of piperazine rings is 1. The Kier molecular flexibility index (Phi) is 2.68. The number of fused-ring (bicyclic) bond motifs is 1. The molecule has 2 heterocycles. The molecule has 2 aliphatic heterocycles. The van der Waals surface area contributed by atoms with Crippen LogP contribution in [0.25, 0.3) is 0 Å². The Morgan fingerprint density at radius 2 is 2.06 bits per heavy atom. The van der Waals surface area contributed by atoms with Crippen LogP contribution in [-0.2, 0) is 11.3 Å². The number of nitrogens with one attached hydrogen (secondary N) is 1. The quantitative estimate of drug-likeness (QED) is 0.764. The van der Waals surface area contributed by atoms with Crippen molar-refractivity contribution in [1.29, 1.82) is 0 Å². The largest absolute Gasteiger partial charge is 0.467 e. The highest BCUT2D eigenvalue weighted by atomic mass is 16.7. The molecule has 1 aromatic carbocycles. The number of nitrogens with zero attached hydrogens (tertiary/aromatic N) is 1. The minimum absolute atomic E-state index is 0.373. The van der Waals surface area contributed by atoms with E-state index in [-0.39, 0.29) is 0 Å². The molecule has 1 aromatic rings. The van der Waals surface area contributed by atoms with Crippen molar-refractivity contribution in [2.24, 2.45) is 0 Å². The van der Waals surface area contributed by atoms with Gasteiger partial charge < -0.3 is 19.7 Å². The van der Waals surface area contributed by atoms with Gasteiger partial charge in [0.1, 0.15) is 5.75 Å². The third-order valence-electron chi connectivity index (χ3n) is 3.11. The Balaban J connectivity index is 1.93. The number of rotatable bonds is 1. The van der Waals surface area contributed by atoms with Gasteiger partial charge >= 0.3 is 0 Å². The summed E-state index contributed by atoms with van der Waals surface area (Å²) >= 11 is 0. The first-order valence-corrected chi connectivity index (χ1v) is 5.73. The van der Waals surface area contributed by atoms with Crippen LogP contribution in [-0.4, -0.2) is 33.0 Å². The molecular weight excluding hydrogens is 204 g/mol. The second kappa shape index (κ2) is 4.31. The van der Waals surface area contributed by atoms with E-state index >= 15 is 0 Å². The molecule has 0 saturated carbocycles. The van der Waals surface area contributed by atoms with Crippen LogP contribution in [0.15, 0.2) is 18.2 Å². The summed E-state index contributed by atoms with van der Waals surface area (Å²) in [6.45, 7) is 5.23. The second-order valence-electron chi connectivity index (χ2n) is 4.10. The Labute approximate surface area is 95.1 Å². The molecule has 0 aromatic heterocycles. The van der Waals surface area contributed by atoms with Crippen molar-refractivity contribution in [3.63, 3.8) is 0 Å². The van der Waals surface area contributed by atoms with Crippen molar-refractivity contribution in [2.45, 2.75) is 6.61 Å². The molecule has 16 heavy (non-hydrogen) atoms. The van der Waals surface area contributed by atoms with E-state index in [1.165, 1.54) is 11.3 Å². The molecule has 0 bridgehead atoms. The lowest BCUT2D eigenvalue weighted by Gasteiger charge is -2.32. The fourth-order valence-electron chi connectivity index (χ4n) is 2.29. The second-order valence-corrected chi connectivity index (χ2v) is 4.10. The molecule has 2 aliphatic rings. The van der Waals surface area contributed by atoms with E-state index < -0.39 is 0 Å². The molecule has 0 atom stereocenters. The number of anilines is 1. The maximum absolute atomic E-state index is 5.49. The summed E-state index contributed by atoms with van der Waals surface area (Å²) < 4.78 is 10.9. The summed E-state index contributed by atoms with van der Waals surface area (Å²) in [7, 11) is 0. The molecule has 1 saturated heterocycles. The van der Waals surface area contributed by atoms with Crippen molar-refractivity contribution in [3.8, 4) is 5.75 Å². The lowest BCUT2D eigenvalue weighted by molar-refractivity contribution is -0.0161. The van der Waals surface area contributed by atoms with Gasteiger partial charge in [-0.15, -0.1) is 0 Å². The molecule has 0 unspecified atom stereocenters. The zero-order chi connectivity index (χ0) is 10.8. The molecule has 0 radical (unpaired) electrons. The van der Waals surface area contributed by atoms with Gasteiger partial charge in [0.05, 0.1) is 6.61 Å². The SMILES string of the molecule is c1cc2c(c(N3CCNCC3)c1)COCO2. The third kappa shape index (κ3) is 1.74. The van der Waals surface area contributed by atoms with Crippen LogP contribution in [0.2, 0.25) is 0 Å². The highest BCUT2D eigenvalue weighted by molar-refractivity contribution is 5.59. The highest BCUT2D eigenvalue weighted by Crippen LogP contribution is 2.32. The van der Waals surface area contributed by atoms with Crippen molar-refractivity contribution in [1.82, 2.24) is 5.32 Å². The summed E-state index contributed by atoms with van der Waals surface area (Å²) in [4.78, 5) is 2.40. The third-order valence-corrected chi connectivity index (χ3v) is 3.11. The van der Waals surface area contributed by atoms with Crippen LogP contribution in [0.4, 0.5) is 5.69 Å².